The van der Waals surface area contributed by atoms with E-state index in [0.717, 1.165) is 5.56 Å². The quantitative estimate of drug-likeness (QED) is 0.683. The van der Waals surface area contributed by atoms with E-state index in [-0.39, 0.29) is 17.9 Å². The first-order valence-corrected chi connectivity index (χ1v) is 8.24. The van der Waals surface area contributed by atoms with Gasteiger partial charge in [-0.2, -0.15) is 0 Å². The van der Waals surface area contributed by atoms with Crippen LogP contribution in [0.2, 0.25) is 0 Å². The molecule has 122 valence electrons. The second-order valence-corrected chi connectivity index (χ2v) is 6.81. The maximum absolute atomic E-state index is 12.3. The second-order valence-electron chi connectivity index (χ2n) is 5.10. The standard InChI is InChI=1S/C14H21N3O4S/c1-9-7-10(2)14(11(3)8-9)22(20,21)15-6-5-13(19)17-16-12(4)18/h7-8,15H,5-6H2,1-4H3,(H,16,18)(H,17,19). The van der Waals surface area contributed by atoms with Gasteiger partial charge in [-0.05, 0) is 31.9 Å². The second kappa shape index (κ2) is 7.37. The van der Waals surface area contributed by atoms with Gasteiger partial charge < -0.3 is 0 Å². The first-order valence-electron chi connectivity index (χ1n) is 6.76. The van der Waals surface area contributed by atoms with Gasteiger partial charge in [-0.1, -0.05) is 17.7 Å². The van der Waals surface area contributed by atoms with E-state index in [1.54, 1.807) is 26.0 Å². The number of aryl methyl sites for hydroxylation is 3. The smallest absolute Gasteiger partial charge is 0.241 e. The van der Waals surface area contributed by atoms with Crippen molar-refractivity contribution in [2.75, 3.05) is 6.54 Å². The van der Waals surface area contributed by atoms with Crippen LogP contribution in [0.3, 0.4) is 0 Å². The third-order valence-electron chi connectivity index (χ3n) is 2.90. The predicted molar refractivity (Wildman–Crippen MR) is 82.4 cm³/mol. The lowest BCUT2D eigenvalue weighted by atomic mass is 10.1. The van der Waals surface area contributed by atoms with Crippen molar-refractivity contribution in [3.63, 3.8) is 0 Å². The van der Waals surface area contributed by atoms with Crippen molar-refractivity contribution < 1.29 is 18.0 Å². The molecule has 1 rings (SSSR count). The van der Waals surface area contributed by atoms with E-state index in [1.165, 1.54) is 6.92 Å². The first kappa shape index (κ1) is 18.1. The van der Waals surface area contributed by atoms with E-state index in [9.17, 15) is 18.0 Å². The molecule has 1 aromatic rings. The average molecular weight is 327 g/mol. The summed E-state index contributed by atoms with van der Waals surface area (Å²) in [5, 5.41) is 0. The van der Waals surface area contributed by atoms with E-state index in [1.807, 2.05) is 6.92 Å². The number of hydrogen-bond donors (Lipinski definition) is 3. The summed E-state index contributed by atoms with van der Waals surface area (Å²) in [5.74, 6) is -0.880. The van der Waals surface area contributed by atoms with Crippen molar-refractivity contribution in [2.24, 2.45) is 0 Å². The SMILES string of the molecule is CC(=O)NNC(=O)CCNS(=O)(=O)c1c(C)cc(C)cc1C. The molecule has 0 aliphatic carbocycles. The molecule has 22 heavy (non-hydrogen) atoms. The fourth-order valence-electron chi connectivity index (χ4n) is 2.18. The van der Waals surface area contributed by atoms with E-state index in [4.69, 9.17) is 0 Å². The number of hydrogen-bond acceptors (Lipinski definition) is 4. The van der Waals surface area contributed by atoms with Crippen LogP contribution >= 0.6 is 0 Å². The molecular weight excluding hydrogens is 306 g/mol. The molecule has 1 aromatic carbocycles. The largest absolute Gasteiger partial charge is 0.274 e. The monoisotopic (exact) mass is 327 g/mol. The van der Waals surface area contributed by atoms with Gasteiger partial charge in [-0.15, -0.1) is 0 Å². The van der Waals surface area contributed by atoms with Gasteiger partial charge in [0.1, 0.15) is 0 Å². The van der Waals surface area contributed by atoms with Crippen LogP contribution in [0.5, 0.6) is 0 Å². The molecule has 0 aromatic heterocycles. The Morgan fingerprint density at radius 1 is 1.05 bits per heavy atom. The highest BCUT2D eigenvalue weighted by Gasteiger charge is 2.19. The van der Waals surface area contributed by atoms with Gasteiger partial charge in [0.25, 0.3) is 0 Å². The number of rotatable bonds is 5. The van der Waals surface area contributed by atoms with Crippen molar-refractivity contribution >= 4 is 21.8 Å². The zero-order valence-corrected chi connectivity index (χ0v) is 13.9. The van der Waals surface area contributed by atoms with Crippen LogP contribution < -0.4 is 15.6 Å². The van der Waals surface area contributed by atoms with E-state index in [2.05, 4.69) is 15.6 Å². The summed E-state index contributed by atoms with van der Waals surface area (Å²) in [4.78, 5) is 22.3. The maximum atomic E-state index is 12.3. The lowest BCUT2D eigenvalue weighted by molar-refractivity contribution is -0.127. The lowest BCUT2D eigenvalue weighted by Gasteiger charge is -2.13. The minimum Gasteiger partial charge on any atom is -0.274 e. The van der Waals surface area contributed by atoms with Gasteiger partial charge in [0.15, 0.2) is 0 Å². The molecule has 0 unspecified atom stereocenters. The summed E-state index contributed by atoms with van der Waals surface area (Å²) in [6, 6.07) is 3.59. The lowest BCUT2D eigenvalue weighted by Crippen LogP contribution is -2.41. The fraction of sp³-hybridized carbons (Fsp3) is 0.429. The number of hydrazine groups is 1. The van der Waals surface area contributed by atoms with Gasteiger partial charge in [0.2, 0.25) is 21.8 Å². The summed E-state index contributed by atoms with van der Waals surface area (Å²) in [5.41, 5.74) is 6.61. The van der Waals surface area contributed by atoms with E-state index in [0.29, 0.717) is 11.1 Å². The van der Waals surface area contributed by atoms with Crippen molar-refractivity contribution in [3.8, 4) is 0 Å². The average Bonchev–Trinajstić information content (AvgIpc) is 2.34. The molecule has 2 amide bonds. The van der Waals surface area contributed by atoms with Gasteiger partial charge in [0, 0.05) is 19.9 Å². The van der Waals surface area contributed by atoms with Crippen molar-refractivity contribution in [3.05, 3.63) is 28.8 Å². The van der Waals surface area contributed by atoms with Crippen molar-refractivity contribution in [1.82, 2.24) is 15.6 Å². The Labute approximate surface area is 130 Å². The van der Waals surface area contributed by atoms with Gasteiger partial charge >= 0.3 is 0 Å². The van der Waals surface area contributed by atoms with Gasteiger partial charge in [0.05, 0.1) is 4.90 Å². The minimum atomic E-state index is -3.68. The highest BCUT2D eigenvalue weighted by Crippen LogP contribution is 2.21. The van der Waals surface area contributed by atoms with Gasteiger partial charge in [-0.3, -0.25) is 20.4 Å². The molecular formula is C14H21N3O4S. The molecule has 0 fully saturated rings. The van der Waals surface area contributed by atoms with Crippen molar-refractivity contribution in [1.29, 1.82) is 0 Å². The maximum Gasteiger partial charge on any atom is 0.241 e. The minimum absolute atomic E-state index is 0.0551. The zero-order valence-electron chi connectivity index (χ0n) is 13.1. The summed E-state index contributed by atoms with van der Waals surface area (Å²) in [6.07, 6.45) is -0.0799. The Bertz CT molecular complexity index is 660. The molecule has 0 heterocycles. The van der Waals surface area contributed by atoms with Crippen molar-refractivity contribution in [2.45, 2.75) is 39.0 Å². The normalized spacial score (nSPS) is 11.1. The number of carbonyl (C=O) groups excluding carboxylic acids is 2. The van der Waals surface area contributed by atoms with Crippen LogP contribution in [0, 0.1) is 20.8 Å². The van der Waals surface area contributed by atoms with E-state index < -0.39 is 21.8 Å². The van der Waals surface area contributed by atoms with Gasteiger partial charge in [-0.25, -0.2) is 13.1 Å². The summed E-state index contributed by atoms with van der Waals surface area (Å²) < 4.78 is 27.0. The highest BCUT2D eigenvalue weighted by molar-refractivity contribution is 7.89. The number of benzene rings is 1. The number of carbonyl (C=O) groups is 2. The molecule has 7 nitrogen and oxygen atoms in total. The van der Waals surface area contributed by atoms with Crippen LogP contribution in [-0.2, 0) is 19.6 Å². The number of nitrogens with one attached hydrogen (secondary N) is 3. The molecule has 0 radical (unpaired) electrons. The molecule has 0 spiro atoms. The molecule has 0 aliphatic heterocycles. The molecule has 0 bridgehead atoms. The molecule has 0 aliphatic rings. The van der Waals surface area contributed by atoms with Crippen LogP contribution in [-0.4, -0.2) is 26.8 Å². The number of amides is 2. The Kier molecular flexibility index (Phi) is 6.07. The highest BCUT2D eigenvalue weighted by atomic mass is 32.2. The third kappa shape index (κ3) is 5.12. The summed E-state index contributed by atoms with van der Waals surface area (Å²) in [6.45, 7) is 6.57. The zero-order chi connectivity index (χ0) is 16.9. The van der Waals surface area contributed by atoms with Crippen LogP contribution in [0.4, 0.5) is 0 Å². The van der Waals surface area contributed by atoms with Crippen LogP contribution in [0.1, 0.15) is 30.0 Å². The fourth-order valence-corrected chi connectivity index (χ4v) is 3.66. The molecule has 0 saturated carbocycles. The molecule has 3 N–H and O–H groups in total. The first-order chi connectivity index (χ1) is 10.1. The van der Waals surface area contributed by atoms with E-state index >= 15 is 0 Å². The van der Waals surface area contributed by atoms with Crippen LogP contribution in [0.15, 0.2) is 17.0 Å². The Balaban J connectivity index is 2.70. The molecule has 8 heteroatoms. The predicted octanol–water partition coefficient (Wildman–Crippen LogP) is 0.448. The topological polar surface area (TPSA) is 104 Å². The van der Waals surface area contributed by atoms with Crippen LogP contribution in [0.25, 0.3) is 0 Å². The number of sulfonamides is 1. The molecule has 0 saturated heterocycles. The Morgan fingerprint density at radius 3 is 2.09 bits per heavy atom. The summed E-state index contributed by atoms with van der Waals surface area (Å²) >= 11 is 0. The Morgan fingerprint density at radius 2 is 1.59 bits per heavy atom. The Hall–Kier alpha value is -1.93. The third-order valence-corrected chi connectivity index (χ3v) is 4.66. The summed E-state index contributed by atoms with van der Waals surface area (Å²) in [7, 11) is -3.68. The molecule has 0 atom stereocenters.